The van der Waals surface area contributed by atoms with Crippen molar-refractivity contribution in [3.05, 3.63) is 35.9 Å². The number of ether oxygens (including phenoxy) is 5. The van der Waals surface area contributed by atoms with Gasteiger partial charge in [0.1, 0.15) is 18.3 Å². The van der Waals surface area contributed by atoms with E-state index in [1.807, 2.05) is 44.2 Å². The fourth-order valence-electron chi connectivity index (χ4n) is 2.99. The average molecular weight is 278 g/mol. The van der Waals surface area contributed by atoms with E-state index in [2.05, 4.69) is 0 Å². The van der Waals surface area contributed by atoms with E-state index in [4.69, 9.17) is 23.7 Å². The fraction of sp³-hybridized carbons (Fsp3) is 0.600. The van der Waals surface area contributed by atoms with Gasteiger partial charge in [-0.15, -0.1) is 0 Å². The van der Waals surface area contributed by atoms with E-state index in [9.17, 15) is 0 Å². The first-order valence-electron chi connectivity index (χ1n) is 6.95. The quantitative estimate of drug-likeness (QED) is 0.786. The molecule has 1 aromatic rings. The summed E-state index contributed by atoms with van der Waals surface area (Å²) >= 11 is 0. The summed E-state index contributed by atoms with van der Waals surface area (Å²) in [5.74, 6) is -0.621. The van der Waals surface area contributed by atoms with Crippen LogP contribution >= 0.6 is 0 Å². The Kier molecular flexibility index (Phi) is 2.87. The van der Waals surface area contributed by atoms with Crippen LogP contribution in [-0.2, 0) is 23.7 Å². The Morgan fingerprint density at radius 3 is 2.60 bits per heavy atom. The second-order valence-electron chi connectivity index (χ2n) is 5.82. The number of hydrogen-bond acceptors (Lipinski definition) is 5. The summed E-state index contributed by atoms with van der Waals surface area (Å²) in [5, 5.41) is 0. The monoisotopic (exact) mass is 278 g/mol. The second kappa shape index (κ2) is 4.51. The molecule has 3 aliphatic heterocycles. The van der Waals surface area contributed by atoms with E-state index in [-0.39, 0.29) is 30.9 Å². The molecule has 3 aliphatic rings. The van der Waals surface area contributed by atoms with Crippen LogP contribution in [0.2, 0.25) is 0 Å². The van der Waals surface area contributed by atoms with Crippen LogP contribution in [0.4, 0.5) is 0 Å². The zero-order chi connectivity index (χ0) is 13.7. The highest BCUT2D eigenvalue weighted by molar-refractivity contribution is 5.16. The van der Waals surface area contributed by atoms with E-state index in [1.54, 1.807) is 0 Å². The van der Waals surface area contributed by atoms with E-state index < -0.39 is 5.79 Å². The molecule has 3 heterocycles. The lowest BCUT2D eigenvalue weighted by Gasteiger charge is -2.34. The smallest absolute Gasteiger partial charge is 0.190 e. The van der Waals surface area contributed by atoms with Crippen molar-refractivity contribution in [3.8, 4) is 0 Å². The second-order valence-corrected chi connectivity index (χ2v) is 5.82. The van der Waals surface area contributed by atoms with Gasteiger partial charge >= 0.3 is 0 Å². The highest BCUT2D eigenvalue weighted by Crippen LogP contribution is 2.42. The van der Waals surface area contributed by atoms with Crippen molar-refractivity contribution in [2.75, 3.05) is 6.61 Å². The Morgan fingerprint density at radius 1 is 1.00 bits per heavy atom. The third kappa shape index (κ3) is 2.06. The topological polar surface area (TPSA) is 46.2 Å². The van der Waals surface area contributed by atoms with Crippen LogP contribution in [0, 0.1) is 0 Å². The number of rotatable bonds is 1. The first-order chi connectivity index (χ1) is 9.62. The van der Waals surface area contributed by atoms with Gasteiger partial charge in [-0.1, -0.05) is 30.3 Å². The zero-order valence-corrected chi connectivity index (χ0v) is 11.5. The third-order valence-corrected chi connectivity index (χ3v) is 3.85. The molecule has 0 N–H and O–H groups in total. The number of fused-ring (bicyclic) bond motifs is 3. The maximum absolute atomic E-state index is 6.05. The summed E-state index contributed by atoms with van der Waals surface area (Å²) in [5.41, 5.74) is 1.01. The van der Waals surface area contributed by atoms with E-state index in [0.717, 1.165) is 5.56 Å². The van der Waals surface area contributed by atoms with Gasteiger partial charge in [-0.25, -0.2) is 0 Å². The Labute approximate surface area is 117 Å². The molecule has 20 heavy (non-hydrogen) atoms. The summed E-state index contributed by atoms with van der Waals surface area (Å²) in [6.07, 6.45) is -1.20. The Morgan fingerprint density at radius 2 is 1.80 bits per heavy atom. The Balaban J connectivity index is 1.53. The molecule has 108 valence electrons. The molecular formula is C15H18O5. The molecule has 0 aromatic heterocycles. The van der Waals surface area contributed by atoms with Crippen LogP contribution in [0.1, 0.15) is 25.7 Å². The van der Waals surface area contributed by atoms with Gasteiger partial charge in [0.05, 0.1) is 6.61 Å². The summed E-state index contributed by atoms with van der Waals surface area (Å²) in [6, 6.07) is 9.91. The fourth-order valence-corrected chi connectivity index (χ4v) is 2.99. The van der Waals surface area contributed by atoms with Crippen molar-refractivity contribution < 1.29 is 23.7 Å². The van der Waals surface area contributed by atoms with Crippen LogP contribution in [0.5, 0.6) is 0 Å². The van der Waals surface area contributed by atoms with Crippen LogP contribution in [-0.4, -0.2) is 37.0 Å². The minimum Gasteiger partial charge on any atom is -0.346 e. The van der Waals surface area contributed by atoms with Crippen LogP contribution < -0.4 is 0 Å². The molecule has 0 amide bonds. The third-order valence-electron chi connectivity index (χ3n) is 3.85. The molecule has 5 atom stereocenters. The largest absolute Gasteiger partial charge is 0.346 e. The van der Waals surface area contributed by atoms with Crippen molar-refractivity contribution >= 4 is 0 Å². The van der Waals surface area contributed by atoms with Gasteiger partial charge in [-0.05, 0) is 13.8 Å². The molecular weight excluding hydrogens is 260 g/mol. The first-order valence-corrected chi connectivity index (χ1v) is 6.95. The SMILES string of the molecule is CC1(C)O[C@H]2O[C@@H]3CO[C@H](c4ccccc4)O[C@@H]3[C@H]2O1. The Bertz CT molecular complexity index is 488. The normalized spacial score (nSPS) is 42.2. The van der Waals surface area contributed by atoms with Gasteiger partial charge in [0.2, 0.25) is 0 Å². The molecule has 1 aromatic carbocycles. The average Bonchev–Trinajstić information content (AvgIpc) is 2.91. The lowest BCUT2D eigenvalue weighted by atomic mass is 10.1. The molecule has 0 bridgehead atoms. The van der Waals surface area contributed by atoms with E-state index in [0.29, 0.717) is 6.61 Å². The molecule has 3 saturated heterocycles. The summed E-state index contributed by atoms with van der Waals surface area (Å²) in [4.78, 5) is 0. The van der Waals surface area contributed by atoms with E-state index >= 15 is 0 Å². The van der Waals surface area contributed by atoms with Crippen molar-refractivity contribution in [2.45, 2.75) is 50.5 Å². The lowest BCUT2D eigenvalue weighted by molar-refractivity contribution is -0.285. The van der Waals surface area contributed by atoms with Crippen LogP contribution in [0.3, 0.4) is 0 Å². The van der Waals surface area contributed by atoms with Gasteiger partial charge in [0.25, 0.3) is 0 Å². The molecule has 0 saturated carbocycles. The summed E-state index contributed by atoms with van der Waals surface area (Å²) in [7, 11) is 0. The van der Waals surface area contributed by atoms with Gasteiger partial charge in [0, 0.05) is 5.56 Å². The van der Waals surface area contributed by atoms with Crippen molar-refractivity contribution in [3.63, 3.8) is 0 Å². The highest BCUT2D eigenvalue weighted by atomic mass is 16.9. The van der Waals surface area contributed by atoms with Gasteiger partial charge in [0.15, 0.2) is 18.4 Å². The predicted molar refractivity (Wildman–Crippen MR) is 68.7 cm³/mol. The molecule has 3 fully saturated rings. The highest BCUT2D eigenvalue weighted by Gasteiger charge is 2.57. The summed E-state index contributed by atoms with van der Waals surface area (Å²) < 4.78 is 29.2. The molecule has 0 spiro atoms. The Hall–Kier alpha value is -0.980. The molecule has 5 heteroatoms. The minimum absolute atomic E-state index is 0.124. The number of benzene rings is 1. The first kappa shape index (κ1) is 12.7. The predicted octanol–water partition coefficient (Wildman–Crippen LogP) is 1.98. The maximum Gasteiger partial charge on any atom is 0.190 e. The van der Waals surface area contributed by atoms with Crippen molar-refractivity contribution in [2.24, 2.45) is 0 Å². The standard InChI is InChI=1S/C15H18O5/c1-15(2)19-12-11-10(17-14(12)20-15)8-16-13(18-11)9-6-4-3-5-7-9/h3-7,10-14H,8H2,1-2H3/t10-,11+,12-,13+,14-/m1/s1. The minimum atomic E-state index is -0.621. The molecule has 0 aliphatic carbocycles. The van der Waals surface area contributed by atoms with Crippen molar-refractivity contribution in [1.82, 2.24) is 0 Å². The molecule has 4 rings (SSSR count). The van der Waals surface area contributed by atoms with Crippen LogP contribution in [0.15, 0.2) is 30.3 Å². The lowest BCUT2D eigenvalue weighted by Crippen LogP contribution is -2.44. The molecule has 5 nitrogen and oxygen atoms in total. The van der Waals surface area contributed by atoms with Gasteiger partial charge in [-0.3, -0.25) is 0 Å². The van der Waals surface area contributed by atoms with Crippen molar-refractivity contribution in [1.29, 1.82) is 0 Å². The van der Waals surface area contributed by atoms with E-state index in [1.165, 1.54) is 0 Å². The molecule has 0 radical (unpaired) electrons. The molecule has 0 unspecified atom stereocenters. The summed E-state index contributed by atoms with van der Waals surface area (Å²) in [6.45, 7) is 4.26. The van der Waals surface area contributed by atoms with Gasteiger partial charge in [-0.2, -0.15) is 0 Å². The number of hydrogen-bond donors (Lipinski definition) is 0. The maximum atomic E-state index is 6.05. The van der Waals surface area contributed by atoms with Gasteiger partial charge < -0.3 is 23.7 Å². The zero-order valence-electron chi connectivity index (χ0n) is 11.5. The van der Waals surface area contributed by atoms with Crippen LogP contribution in [0.25, 0.3) is 0 Å².